The average Bonchev–Trinajstić information content (AvgIpc) is 2.52. The van der Waals surface area contributed by atoms with E-state index in [1.165, 1.54) is 0 Å². The number of aldehydes is 1. The molecule has 0 heterocycles. The number of hydrogen-bond acceptors (Lipinski definition) is 4. The molecule has 2 aromatic rings. The van der Waals surface area contributed by atoms with Crippen LogP contribution in [0.25, 0.3) is 11.1 Å². The molecule has 2 aromatic carbocycles. The normalized spacial score (nSPS) is 10.1. The number of hydrogen-bond donors (Lipinski definition) is 0. The van der Waals surface area contributed by atoms with Gasteiger partial charge in [-0.25, -0.2) is 0 Å². The van der Waals surface area contributed by atoms with Gasteiger partial charge in [0.1, 0.15) is 0 Å². The molecule has 2 rings (SSSR count). The van der Waals surface area contributed by atoms with Crippen LogP contribution in [0.3, 0.4) is 0 Å². The number of carbonyl (C=O) groups is 1. The van der Waals surface area contributed by atoms with E-state index in [2.05, 4.69) is 0 Å². The number of ether oxygens (including phenoxy) is 3. The molecule has 5 heteroatoms. The molecule has 0 radical (unpaired) electrons. The zero-order chi connectivity index (χ0) is 15.4. The first-order valence-electron chi connectivity index (χ1n) is 6.20. The van der Waals surface area contributed by atoms with Crippen molar-refractivity contribution in [3.05, 3.63) is 40.9 Å². The van der Waals surface area contributed by atoms with Crippen LogP contribution in [0.5, 0.6) is 17.2 Å². The van der Waals surface area contributed by atoms with Gasteiger partial charge in [-0.05, 0) is 29.8 Å². The van der Waals surface area contributed by atoms with Crippen molar-refractivity contribution < 1.29 is 19.0 Å². The highest BCUT2D eigenvalue weighted by Gasteiger charge is 2.17. The summed E-state index contributed by atoms with van der Waals surface area (Å²) in [6.07, 6.45) is 0.720. The summed E-state index contributed by atoms with van der Waals surface area (Å²) in [4.78, 5) is 10.8. The molecule has 0 aliphatic carbocycles. The van der Waals surface area contributed by atoms with Crippen molar-refractivity contribution in [3.8, 4) is 28.4 Å². The molecule has 0 N–H and O–H groups in total. The maximum Gasteiger partial charge on any atom is 0.203 e. The van der Waals surface area contributed by atoms with Crippen molar-refractivity contribution in [3.63, 3.8) is 0 Å². The second-order valence-corrected chi connectivity index (χ2v) is 4.64. The Morgan fingerprint density at radius 3 is 2.19 bits per heavy atom. The van der Waals surface area contributed by atoms with Gasteiger partial charge in [0.15, 0.2) is 17.8 Å². The molecule has 0 aliphatic heterocycles. The first kappa shape index (κ1) is 15.2. The molecule has 0 spiro atoms. The lowest BCUT2D eigenvalue weighted by molar-refractivity contribution is 0.112. The average molecular weight is 307 g/mol. The van der Waals surface area contributed by atoms with Crippen LogP contribution in [0.15, 0.2) is 30.3 Å². The number of methoxy groups -OCH3 is 3. The summed E-state index contributed by atoms with van der Waals surface area (Å²) >= 11 is 6.08. The molecule has 0 unspecified atom stereocenters. The van der Waals surface area contributed by atoms with E-state index < -0.39 is 0 Å². The van der Waals surface area contributed by atoms with Gasteiger partial charge in [-0.3, -0.25) is 4.79 Å². The molecule has 0 saturated heterocycles. The first-order valence-corrected chi connectivity index (χ1v) is 6.58. The summed E-state index contributed by atoms with van der Waals surface area (Å²) in [5, 5.41) is 0.388. The molecule has 21 heavy (non-hydrogen) atoms. The van der Waals surface area contributed by atoms with E-state index in [0.29, 0.717) is 27.8 Å². The summed E-state index contributed by atoms with van der Waals surface area (Å²) in [7, 11) is 4.67. The third-order valence-corrected chi connectivity index (χ3v) is 3.47. The van der Waals surface area contributed by atoms with Gasteiger partial charge >= 0.3 is 0 Å². The van der Waals surface area contributed by atoms with Crippen LogP contribution >= 0.6 is 11.6 Å². The maximum atomic E-state index is 10.8. The van der Waals surface area contributed by atoms with Crippen molar-refractivity contribution in [2.75, 3.05) is 21.3 Å². The Kier molecular flexibility index (Phi) is 4.70. The van der Waals surface area contributed by atoms with Gasteiger partial charge in [0, 0.05) is 11.1 Å². The Labute approximate surface area is 128 Å². The summed E-state index contributed by atoms with van der Waals surface area (Å²) in [5.41, 5.74) is 2.07. The highest BCUT2D eigenvalue weighted by atomic mass is 35.5. The molecule has 0 aliphatic rings. The van der Waals surface area contributed by atoms with Gasteiger partial charge in [-0.1, -0.05) is 17.7 Å². The molecule has 0 bridgehead atoms. The van der Waals surface area contributed by atoms with Crippen molar-refractivity contribution in [1.29, 1.82) is 0 Å². The van der Waals surface area contributed by atoms with Crippen molar-refractivity contribution in [2.45, 2.75) is 0 Å². The predicted octanol–water partition coefficient (Wildman–Crippen LogP) is 3.85. The lowest BCUT2D eigenvalue weighted by Gasteiger charge is -2.16. The second-order valence-electron chi connectivity index (χ2n) is 4.24. The molecule has 0 aromatic heterocycles. The number of rotatable bonds is 5. The quantitative estimate of drug-likeness (QED) is 0.787. The van der Waals surface area contributed by atoms with Crippen molar-refractivity contribution >= 4 is 17.9 Å². The lowest BCUT2D eigenvalue weighted by Crippen LogP contribution is -1.97. The lowest BCUT2D eigenvalue weighted by atomic mass is 10.0. The van der Waals surface area contributed by atoms with Crippen LogP contribution in [0.1, 0.15) is 10.4 Å². The van der Waals surface area contributed by atoms with Crippen LogP contribution in [0.4, 0.5) is 0 Å². The van der Waals surface area contributed by atoms with E-state index in [1.807, 2.05) is 6.07 Å². The fourth-order valence-corrected chi connectivity index (χ4v) is 2.34. The minimum atomic E-state index is 0.388. The van der Waals surface area contributed by atoms with Gasteiger partial charge in [0.05, 0.1) is 26.4 Å². The summed E-state index contributed by atoms with van der Waals surface area (Å²) in [6.45, 7) is 0. The third-order valence-electron chi connectivity index (χ3n) is 3.14. The maximum absolute atomic E-state index is 10.8. The minimum Gasteiger partial charge on any atom is -0.493 e. The molecule has 0 atom stereocenters. The highest BCUT2D eigenvalue weighted by molar-refractivity contribution is 6.33. The summed E-state index contributed by atoms with van der Waals surface area (Å²) in [5.74, 6) is 1.63. The molecule has 0 amide bonds. The molecule has 0 saturated carbocycles. The number of carbonyl (C=O) groups excluding carboxylic acids is 1. The fourth-order valence-electron chi connectivity index (χ4n) is 2.12. The molecular formula is C16H15ClO4. The van der Waals surface area contributed by atoms with Gasteiger partial charge in [0.2, 0.25) is 5.75 Å². The van der Waals surface area contributed by atoms with E-state index in [-0.39, 0.29) is 0 Å². The fraction of sp³-hybridized carbons (Fsp3) is 0.188. The zero-order valence-electron chi connectivity index (χ0n) is 12.0. The summed E-state index contributed by atoms with van der Waals surface area (Å²) < 4.78 is 16.1. The predicted molar refractivity (Wildman–Crippen MR) is 81.9 cm³/mol. The Morgan fingerprint density at radius 2 is 1.67 bits per heavy atom. The van der Waals surface area contributed by atoms with Gasteiger partial charge in [-0.2, -0.15) is 0 Å². The molecule has 4 nitrogen and oxygen atoms in total. The van der Waals surface area contributed by atoms with Crippen LogP contribution < -0.4 is 14.2 Å². The first-order chi connectivity index (χ1) is 10.2. The van der Waals surface area contributed by atoms with Crippen molar-refractivity contribution in [1.82, 2.24) is 0 Å². The Balaban J connectivity index is 2.63. The van der Waals surface area contributed by atoms with Crippen molar-refractivity contribution in [2.24, 2.45) is 0 Å². The number of halogens is 1. The summed E-state index contributed by atoms with van der Waals surface area (Å²) in [6, 6.07) is 8.83. The smallest absolute Gasteiger partial charge is 0.203 e. The minimum absolute atomic E-state index is 0.388. The highest BCUT2D eigenvalue weighted by Crippen LogP contribution is 2.44. The second kappa shape index (κ2) is 6.50. The van der Waals surface area contributed by atoms with E-state index in [0.717, 1.165) is 17.4 Å². The van der Waals surface area contributed by atoms with E-state index >= 15 is 0 Å². The van der Waals surface area contributed by atoms with Crippen LogP contribution in [-0.4, -0.2) is 27.6 Å². The largest absolute Gasteiger partial charge is 0.493 e. The van der Waals surface area contributed by atoms with Gasteiger partial charge < -0.3 is 14.2 Å². The topological polar surface area (TPSA) is 44.8 Å². The zero-order valence-corrected chi connectivity index (χ0v) is 12.7. The SMILES string of the molecule is COc1ccc(-c2ccc(C=O)c(Cl)c2)c(OC)c1OC. The Morgan fingerprint density at radius 1 is 0.952 bits per heavy atom. The van der Waals surface area contributed by atoms with Crippen LogP contribution in [0, 0.1) is 0 Å². The van der Waals surface area contributed by atoms with E-state index in [4.69, 9.17) is 25.8 Å². The molecule has 0 fully saturated rings. The van der Waals surface area contributed by atoms with Crippen LogP contribution in [-0.2, 0) is 0 Å². The van der Waals surface area contributed by atoms with Crippen LogP contribution in [0.2, 0.25) is 5.02 Å². The van der Waals surface area contributed by atoms with Gasteiger partial charge in [0.25, 0.3) is 0 Å². The third kappa shape index (κ3) is 2.81. The van der Waals surface area contributed by atoms with E-state index in [9.17, 15) is 4.79 Å². The standard InChI is InChI=1S/C16H15ClO4/c1-19-14-7-6-12(15(20-2)16(14)21-3)10-4-5-11(9-18)13(17)8-10/h4-9H,1-3H3. The Bertz CT molecular complexity index is 668. The number of benzene rings is 2. The molecule has 110 valence electrons. The van der Waals surface area contributed by atoms with E-state index in [1.54, 1.807) is 45.6 Å². The Hall–Kier alpha value is -2.20. The monoisotopic (exact) mass is 306 g/mol. The van der Waals surface area contributed by atoms with Gasteiger partial charge in [-0.15, -0.1) is 0 Å². The molecular weight excluding hydrogens is 292 g/mol.